The zero-order valence-electron chi connectivity index (χ0n) is 11.7. The Hall–Kier alpha value is -1.92. The smallest absolute Gasteiger partial charge is 0.324 e. The van der Waals surface area contributed by atoms with E-state index in [9.17, 15) is 9.59 Å². The van der Waals surface area contributed by atoms with Crippen molar-refractivity contribution in [2.24, 2.45) is 5.92 Å². The van der Waals surface area contributed by atoms with Crippen LogP contribution in [-0.4, -0.2) is 44.4 Å². The van der Waals surface area contributed by atoms with Crippen LogP contribution in [0.4, 0.5) is 4.79 Å². The number of nitrogens with zero attached hydrogens (tertiary/aromatic N) is 4. The molecule has 2 fully saturated rings. The number of nitrogens with one attached hydrogen (secondary N) is 1. The average molecular weight is 277 g/mol. The summed E-state index contributed by atoms with van der Waals surface area (Å²) in [5.41, 5.74) is 0.727. The largest absolute Gasteiger partial charge is 0.325 e. The molecule has 1 N–H and O–H groups in total. The molecular weight excluding hydrogens is 258 g/mol. The summed E-state index contributed by atoms with van der Waals surface area (Å²) >= 11 is 0. The van der Waals surface area contributed by atoms with Gasteiger partial charge in [0, 0.05) is 25.2 Å². The standard InChI is InChI=1S/C13H19N5O2/c1-8(2)18-7-10(15-16-18)5-11-12(19)17(13(20)14-11)6-9-3-4-9/h7-9,11H,3-6H2,1-2H3,(H,14,20)/t11-/m0/s1. The quantitative estimate of drug-likeness (QED) is 0.805. The lowest BCUT2D eigenvalue weighted by Gasteiger charge is -2.11. The first-order valence-electron chi connectivity index (χ1n) is 7.07. The first-order valence-corrected chi connectivity index (χ1v) is 7.07. The minimum absolute atomic E-state index is 0.138. The number of carbonyl (C=O) groups is 2. The molecule has 1 saturated carbocycles. The van der Waals surface area contributed by atoms with Crippen LogP contribution in [0.2, 0.25) is 0 Å². The first kappa shape index (κ1) is 13.1. The SMILES string of the molecule is CC(C)n1cc(C[C@@H]2NC(=O)N(CC3CC3)C2=O)nn1. The van der Waals surface area contributed by atoms with E-state index in [2.05, 4.69) is 15.6 Å². The van der Waals surface area contributed by atoms with E-state index in [0.717, 1.165) is 18.5 Å². The summed E-state index contributed by atoms with van der Waals surface area (Å²) < 4.78 is 1.75. The van der Waals surface area contributed by atoms with Gasteiger partial charge < -0.3 is 5.32 Å². The molecule has 20 heavy (non-hydrogen) atoms. The van der Waals surface area contributed by atoms with Crippen LogP contribution in [-0.2, 0) is 11.2 Å². The van der Waals surface area contributed by atoms with Gasteiger partial charge in [0.2, 0.25) is 0 Å². The lowest BCUT2D eigenvalue weighted by molar-refractivity contribution is -0.127. The van der Waals surface area contributed by atoms with Crippen LogP contribution in [0.25, 0.3) is 0 Å². The van der Waals surface area contributed by atoms with E-state index in [4.69, 9.17) is 0 Å². The van der Waals surface area contributed by atoms with Crippen molar-refractivity contribution in [3.05, 3.63) is 11.9 Å². The number of carbonyl (C=O) groups excluding carboxylic acids is 2. The zero-order valence-corrected chi connectivity index (χ0v) is 11.7. The molecule has 3 rings (SSSR count). The van der Waals surface area contributed by atoms with Gasteiger partial charge >= 0.3 is 6.03 Å². The van der Waals surface area contributed by atoms with Gasteiger partial charge in [-0.25, -0.2) is 9.48 Å². The van der Waals surface area contributed by atoms with E-state index >= 15 is 0 Å². The second-order valence-electron chi connectivity index (χ2n) is 5.88. The van der Waals surface area contributed by atoms with E-state index in [-0.39, 0.29) is 18.0 Å². The van der Waals surface area contributed by atoms with Crippen LogP contribution in [0.15, 0.2) is 6.20 Å². The summed E-state index contributed by atoms with van der Waals surface area (Å²) in [5, 5.41) is 10.8. The van der Waals surface area contributed by atoms with Gasteiger partial charge in [0.05, 0.1) is 5.69 Å². The van der Waals surface area contributed by atoms with E-state index in [1.165, 1.54) is 4.90 Å². The third-order valence-corrected chi connectivity index (χ3v) is 3.74. The van der Waals surface area contributed by atoms with Crippen molar-refractivity contribution in [1.29, 1.82) is 0 Å². The van der Waals surface area contributed by atoms with Crippen molar-refractivity contribution >= 4 is 11.9 Å². The summed E-state index contributed by atoms with van der Waals surface area (Å²) in [6.07, 6.45) is 4.46. The second-order valence-corrected chi connectivity index (χ2v) is 5.88. The molecular formula is C13H19N5O2. The van der Waals surface area contributed by atoms with Crippen molar-refractivity contribution in [3.8, 4) is 0 Å². The molecule has 1 atom stereocenters. The highest BCUT2D eigenvalue weighted by Gasteiger charge is 2.40. The highest BCUT2D eigenvalue weighted by Crippen LogP contribution is 2.30. The topological polar surface area (TPSA) is 80.1 Å². The first-order chi connectivity index (χ1) is 9.54. The Balaban J connectivity index is 1.65. The number of hydrogen-bond donors (Lipinski definition) is 1. The van der Waals surface area contributed by atoms with Crippen molar-refractivity contribution in [1.82, 2.24) is 25.2 Å². The normalized spacial score (nSPS) is 22.8. The Morgan fingerprint density at radius 3 is 2.75 bits per heavy atom. The molecule has 7 heteroatoms. The van der Waals surface area contributed by atoms with E-state index < -0.39 is 6.04 Å². The van der Waals surface area contributed by atoms with Crippen LogP contribution in [0.5, 0.6) is 0 Å². The van der Waals surface area contributed by atoms with Gasteiger partial charge in [-0.2, -0.15) is 0 Å². The van der Waals surface area contributed by atoms with Gasteiger partial charge in [-0.3, -0.25) is 9.69 Å². The van der Waals surface area contributed by atoms with Gasteiger partial charge in [0.25, 0.3) is 5.91 Å². The molecule has 1 aromatic rings. The fraction of sp³-hybridized carbons (Fsp3) is 0.692. The van der Waals surface area contributed by atoms with Crippen LogP contribution < -0.4 is 5.32 Å². The zero-order chi connectivity index (χ0) is 14.3. The third-order valence-electron chi connectivity index (χ3n) is 3.74. The fourth-order valence-electron chi connectivity index (χ4n) is 2.32. The maximum atomic E-state index is 12.2. The lowest BCUT2D eigenvalue weighted by atomic mass is 10.1. The Morgan fingerprint density at radius 1 is 1.40 bits per heavy atom. The molecule has 108 valence electrons. The number of amides is 3. The Morgan fingerprint density at radius 2 is 2.15 bits per heavy atom. The average Bonchev–Trinajstić information content (AvgIpc) is 3.03. The summed E-state index contributed by atoms with van der Waals surface area (Å²) in [7, 11) is 0. The van der Waals surface area contributed by atoms with Crippen molar-refractivity contribution in [2.75, 3.05) is 6.54 Å². The van der Waals surface area contributed by atoms with Crippen LogP contribution in [0, 0.1) is 5.92 Å². The molecule has 0 radical (unpaired) electrons. The van der Waals surface area contributed by atoms with E-state index in [1.807, 2.05) is 20.0 Å². The van der Waals surface area contributed by atoms with Crippen LogP contribution in [0.3, 0.4) is 0 Å². The minimum Gasteiger partial charge on any atom is -0.325 e. The molecule has 0 unspecified atom stereocenters. The number of imide groups is 1. The molecule has 2 heterocycles. The predicted molar refractivity (Wildman–Crippen MR) is 70.9 cm³/mol. The molecule has 7 nitrogen and oxygen atoms in total. The molecule has 3 amide bonds. The van der Waals surface area contributed by atoms with Crippen LogP contribution in [0.1, 0.15) is 38.4 Å². The van der Waals surface area contributed by atoms with Gasteiger partial charge in [0.15, 0.2) is 0 Å². The maximum absolute atomic E-state index is 12.2. The summed E-state index contributed by atoms with van der Waals surface area (Å²) in [5.74, 6) is 0.367. The van der Waals surface area contributed by atoms with Crippen LogP contribution >= 0.6 is 0 Å². The van der Waals surface area contributed by atoms with Gasteiger partial charge in [-0.15, -0.1) is 5.10 Å². The predicted octanol–water partition coefficient (Wildman–Crippen LogP) is 0.732. The maximum Gasteiger partial charge on any atom is 0.324 e. The third kappa shape index (κ3) is 2.52. The fourth-order valence-corrected chi connectivity index (χ4v) is 2.32. The van der Waals surface area contributed by atoms with E-state index in [0.29, 0.717) is 18.9 Å². The van der Waals surface area contributed by atoms with Crippen molar-refractivity contribution < 1.29 is 9.59 Å². The molecule has 1 aromatic heterocycles. The molecule has 0 aromatic carbocycles. The van der Waals surface area contributed by atoms with Gasteiger partial charge in [-0.05, 0) is 32.6 Å². The van der Waals surface area contributed by atoms with Gasteiger partial charge in [-0.1, -0.05) is 5.21 Å². The molecule has 2 aliphatic rings. The monoisotopic (exact) mass is 277 g/mol. The summed E-state index contributed by atoms with van der Waals surface area (Å²) in [4.78, 5) is 25.4. The number of aromatic nitrogens is 3. The van der Waals surface area contributed by atoms with E-state index in [1.54, 1.807) is 4.68 Å². The molecule has 1 saturated heterocycles. The number of urea groups is 1. The molecule has 0 spiro atoms. The highest BCUT2D eigenvalue weighted by molar-refractivity contribution is 6.04. The Labute approximate surface area is 117 Å². The molecule has 0 bridgehead atoms. The Kier molecular flexibility index (Phi) is 3.19. The summed E-state index contributed by atoms with van der Waals surface area (Å²) in [6.45, 7) is 4.58. The summed E-state index contributed by atoms with van der Waals surface area (Å²) in [6, 6.07) is -0.543. The van der Waals surface area contributed by atoms with Crippen molar-refractivity contribution in [3.63, 3.8) is 0 Å². The minimum atomic E-state index is -0.501. The highest BCUT2D eigenvalue weighted by atomic mass is 16.2. The molecule has 1 aliphatic heterocycles. The number of hydrogen-bond acceptors (Lipinski definition) is 4. The second kappa shape index (κ2) is 4.88. The van der Waals surface area contributed by atoms with Gasteiger partial charge in [0.1, 0.15) is 6.04 Å². The van der Waals surface area contributed by atoms with Crippen molar-refractivity contribution in [2.45, 2.75) is 45.2 Å². The lowest BCUT2D eigenvalue weighted by Crippen LogP contribution is -2.33. The number of rotatable bonds is 5. The molecule has 1 aliphatic carbocycles. The Bertz CT molecular complexity index is 535.